The van der Waals surface area contributed by atoms with Gasteiger partial charge in [0.2, 0.25) is 0 Å². The van der Waals surface area contributed by atoms with Gasteiger partial charge in [0, 0.05) is 5.39 Å². The van der Waals surface area contributed by atoms with E-state index < -0.39 is 12.1 Å². The fourth-order valence-electron chi connectivity index (χ4n) is 6.97. The molecule has 2 aliphatic carbocycles. The van der Waals surface area contributed by atoms with Crippen LogP contribution in [-0.2, 0) is 33.3 Å². The molecule has 6 unspecified atom stereocenters. The zero-order chi connectivity index (χ0) is 35.7. The maximum absolute atomic E-state index is 13.1. The summed E-state index contributed by atoms with van der Waals surface area (Å²) in [4.78, 5) is 25.9. The Labute approximate surface area is 315 Å². The molecule has 2 saturated carbocycles. The summed E-state index contributed by atoms with van der Waals surface area (Å²) in [5.41, 5.74) is 1.25. The molecule has 1 saturated heterocycles. The van der Waals surface area contributed by atoms with Crippen LogP contribution in [0.1, 0.15) is 44.1 Å². The van der Waals surface area contributed by atoms with E-state index >= 15 is 0 Å². The van der Waals surface area contributed by atoms with E-state index in [9.17, 15) is 9.59 Å². The second kappa shape index (κ2) is 17.9. The number of hydrogen-bond acceptors (Lipinski definition) is 9. The molecule has 0 bridgehead atoms. The molecule has 1 aliphatic heterocycles. The number of fused-ring (bicyclic) bond motifs is 2. The van der Waals surface area contributed by atoms with Crippen molar-refractivity contribution in [2.45, 2.75) is 69.9 Å². The van der Waals surface area contributed by atoms with Crippen LogP contribution in [0.3, 0.4) is 0 Å². The van der Waals surface area contributed by atoms with E-state index in [0.717, 1.165) is 42.2 Å². The van der Waals surface area contributed by atoms with E-state index in [1.54, 1.807) is 0 Å². The molecule has 0 aromatic heterocycles. The van der Waals surface area contributed by atoms with Crippen molar-refractivity contribution in [3.63, 3.8) is 0 Å². The summed E-state index contributed by atoms with van der Waals surface area (Å²) in [5.74, 6) is 0.743. The number of epoxide rings is 1. The highest BCUT2D eigenvalue weighted by molar-refractivity contribution is 5.88. The minimum Gasteiger partial charge on any atom is -0.491 e. The molecule has 52 heavy (non-hydrogen) atoms. The second-order valence-corrected chi connectivity index (χ2v) is 16.8. The van der Waals surface area contributed by atoms with Crippen molar-refractivity contribution in [1.29, 1.82) is 0 Å². The maximum Gasteiger partial charge on any atom is 0.357 e. The van der Waals surface area contributed by atoms with E-state index in [1.165, 1.54) is 12.7 Å². The summed E-state index contributed by atoms with van der Waals surface area (Å²) in [6.07, 6.45) is 4.08. The van der Waals surface area contributed by atoms with Crippen molar-refractivity contribution >= 4 is 22.7 Å². The molecule has 4 aromatic rings. The first-order chi connectivity index (χ1) is 25.5. The lowest BCUT2D eigenvalue weighted by atomic mass is 9.85. The van der Waals surface area contributed by atoms with Gasteiger partial charge in [0.25, 0.3) is 0 Å². The van der Waals surface area contributed by atoms with Crippen LogP contribution in [0.4, 0.5) is 0 Å². The summed E-state index contributed by atoms with van der Waals surface area (Å²) < 4.78 is 43.7. The van der Waals surface area contributed by atoms with E-state index in [1.807, 2.05) is 42.5 Å². The Morgan fingerprint density at radius 3 is 2.38 bits per heavy atom. The predicted octanol–water partition coefficient (Wildman–Crippen LogP) is 3.92. The average Bonchev–Trinajstić information content (AvgIpc) is 3.96. The Kier molecular flexibility index (Phi) is 12.6. The van der Waals surface area contributed by atoms with Crippen LogP contribution < -0.4 is 30.7 Å². The summed E-state index contributed by atoms with van der Waals surface area (Å²) >= 11 is -0.296. The molecule has 4 aromatic carbocycles. The lowest BCUT2D eigenvalue weighted by Crippen LogP contribution is -3.61. The standard InChI is InChI=1S/C42H46IO9/c1-28-9-13-32(14-10-28)43-33-15-17-34(18-16-33)48-26-41(44)52-39-23-29(25-49-42(45)31-12-20-38-40(24-31)51-38)11-19-37(39)50-27-46-21-22-47-36-8-4-6-30-5-2-3-7-35(30)36/h2-10,13-18,29,31,37-40H,11-12,19-27H2,1H3/q+1. The van der Waals surface area contributed by atoms with Gasteiger partial charge in [-0.2, -0.15) is 0 Å². The van der Waals surface area contributed by atoms with Crippen LogP contribution in [-0.4, -0.2) is 69.6 Å². The smallest absolute Gasteiger partial charge is 0.357 e. The molecular weight excluding hydrogens is 775 g/mol. The zero-order valence-corrected chi connectivity index (χ0v) is 31.6. The average molecular weight is 822 g/mol. The number of halogens is 1. The van der Waals surface area contributed by atoms with Crippen LogP contribution in [0.2, 0.25) is 0 Å². The maximum atomic E-state index is 13.1. The molecule has 10 heteroatoms. The summed E-state index contributed by atoms with van der Waals surface area (Å²) in [6, 6.07) is 30.6. The Morgan fingerprint density at radius 1 is 0.769 bits per heavy atom. The predicted molar refractivity (Wildman–Crippen MR) is 190 cm³/mol. The molecule has 3 aliphatic rings. The number of rotatable bonds is 16. The first-order valence-corrected chi connectivity index (χ1v) is 20.4. The first-order valence-electron chi connectivity index (χ1n) is 18.2. The van der Waals surface area contributed by atoms with E-state index in [2.05, 4.69) is 55.5 Å². The molecule has 0 radical (unpaired) electrons. The van der Waals surface area contributed by atoms with Gasteiger partial charge in [0.1, 0.15) is 31.0 Å². The molecule has 7 rings (SSSR count). The van der Waals surface area contributed by atoms with Gasteiger partial charge in [-0.25, -0.2) is 4.79 Å². The number of benzene rings is 4. The van der Waals surface area contributed by atoms with Gasteiger partial charge in [-0.05, 0) is 99.2 Å². The molecule has 6 atom stereocenters. The lowest BCUT2D eigenvalue weighted by molar-refractivity contribution is -0.597. The third-order valence-corrected chi connectivity index (χ3v) is 12.6. The summed E-state index contributed by atoms with van der Waals surface area (Å²) in [7, 11) is 0. The van der Waals surface area contributed by atoms with Crippen molar-refractivity contribution in [2.24, 2.45) is 11.8 Å². The Balaban J connectivity index is 0.882. The zero-order valence-electron chi connectivity index (χ0n) is 29.5. The topological polar surface area (TPSA) is 102 Å². The van der Waals surface area contributed by atoms with Crippen LogP contribution in [0, 0.1) is 25.9 Å². The van der Waals surface area contributed by atoms with Crippen LogP contribution in [0.25, 0.3) is 10.8 Å². The molecule has 9 nitrogen and oxygen atoms in total. The number of ether oxygens (including phenoxy) is 7. The van der Waals surface area contributed by atoms with Gasteiger partial charge in [-0.3, -0.25) is 4.79 Å². The minimum absolute atomic E-state index is 0.0389. The number of aryl methyl sites for hydroxylation is 1. The van der Waals surface area contributed by atoms with Crippen LogP contribution in [0.15, 0.2) is 91.0 Å². The molecule has 0 amide bonds. The number of hydrogen-bond donors (Lipinski definition) is 0. The quantitative estimate of drug-likeness (QED) is 0.0548. The van der Waals surface area contributed by atoms with Gasteiger partial charge < -0.3 is 33.2 Å². The van der Waals surface area contributed by atoms with Crippen molar-refractivity contribution in [1.82, 2.24) is 0 Å². The van der Waals surface area contributed by atoms with Crippen LogP contribution in [0.5, 0.6) is 11.5 Å². The Hall–Kier alpha value is -3.71. The fourth-order valence-corrected chi connectivity index (χ4v) is 9.13. The molecule has 3 fully saturated rings. The second-order valence-electron chi connectivity index (χ2n) is 13.8. The van der Waals surface area contributed by atoms with Crippen LogP contribution >= 0.6 is 0 Å². The Morgan fingerprint density at radius 2 is 1.56 bits per heavy atom. The van der Waals surface area contributed by atoms with Gasteiger partial charge >= 0.3 is 33.1 Å². The van der Waals surface area contributed by atoms with Crippen molar-refractivity contribution < 1.29 is 64.0 Å². The summed E-state index contributed by atoms with van der Waals surface area (Å²) in [5, 5.41) is 2.17. The molecule has 274 valence electrons. The van der Waals surface area contributed by atoms with E-state index in [-0.39, 0.29) is 64.6 Å². The fraction of sp³-hybridized carbons (Fsp3) is 0.429. The van der Waals surface area contributed by atoms with Gasteiger partial charge in [0.15, 0.2) is 13.7 Å². The SMILES string of the molecule is Cc1ccc([I+]c2ccc(OCC(=O)OC3CC(COC(=O)C4CCC5OC5C4)CCC3OCOCCOc3cccc4ccccc34)cc2)cc1. The van der Waals surface area contributed by atoms with Gasteiger partial charge in [0.05, 0.1) is 37.4 Å². The third kappa shape index (κ3) is 10.2. The number of carbonyl (C=O) groups excluding carboxylic acids is 2. The highest BCUT2D eigenvalue weighted by Gasteiger charge is 2.46. The Bertz CT molecular complexity index is 1770. The number of carbonyl (C=O) groups is 2. The molecule has 1 heterocycles. The highest BCUT2D eigenvalue weighted by atomic mass is 127. The normalized spacial score (nSPS) is 23.7. The van der Waals surface area contributed by atoms with Gasteiger partial charge in [-0.15, -0.1) is 0 Å². The summed E-state index contributed by atoms with van der Waals surface area (Å²) in [6.45, 7) is 2.91. The monoisotopic (exact) mass is 821 g/mol. The molecular formula is C42H46IO9+. The minimum atomic E-state index is -0.527. The highest BCUT2D eigenvalue weighted by Crippen LogP contribution is 2.40. The van der Waals surface area contributed by atoms with E-state index in [0.29, 0.717) is 44.5 Å². The van der Waals surface area contributed by atoms with Crippen molar-refractivity contribution in [2.75, 3.05) is 33.2 Å². The number of esters is 2. The van der Waals surface area contributed by atoms with E-state index in [4.69, 9.17) is 33.2 Å². The largest absolute Gasteiger partial charge is 0.491 e. The lowest BCUT2D eigenvalue weighted by Gasteiger charge is -2.35. The van der Waals surface area contributed by atoms with Crippen molar-refractivity contribution in [3.05, 3.63) is 104 Å². The van der Waals surface area contributed by atoms with Gasteiger partial charge in [-0.1, -0.05) is 54.1 Å². The third-order valence-electron chi connectivity index (χ3n) is 9.92. The first kappa shape index (κ1) is 36.6. The molecule has 0 spiro atoms. The molecule has 0 N–H and O–H groups in total. The van der Waals surface area contributed by atoms with Crippen molar-refractivity contribution in [3.8, 4) is 11.5 Å².